The number of aryl methyl sites for hydroxylation is 2. The third-order valence-electron chi connectivity index (χ3n) is 6.99. The van der Waals surface area contributed by atoms with E-state index in [0.717, 1.165) is 34.8 Å². The third-order valence-corrected chi connectivity index (χ3v) is 6.99. The molecule has 37 heavy (non-hydrogen) atoms. The van der Waals surface area contributed by atoms with Crippen LogP contribution in [-0.4, -0.2) is 31.6 Å². The number of hydrogen-bond donors (Lipinski definition) is 1. The summed E-state index contributed by atoms with van der Waals surface area (Å²) in [6.07, 6.45) is 0. The second-order valence-electron chi connectivity index (χ2n) is 9.60. The minimum Gasteiger partial charge on any atom is -0.492 e. The quantitative estimate of drug-likeness (QED) is 0.360. The molecule has 186 valence electrons. The van der Waals surface area contributed by atoms with Gasteiger partial charge in [-0.15, -0.1) is 10.2 Å². The fraction of sp³-hybridized carbons (Fsp3) is 0.241. The van der Waals surface area contributed by atoms with Crippen LogP contribution in [0.2, 0.25) is 0 Å². The highest BCUT2D eigenvalue weighted by molar-refractivity contribution is 5.92. The number of rotatable bonds is 6. The van der Waals surface area contributed by atoms with E-state index in [-0.39, 0.29) is 11.6 Å². The summed E-state index contributed by atoms with van der Waals surface area (Å²) in [6, 6.07) is 22.3. The Bertz CT molecular complexity index is 1650. The maximum Gasteiger partial charge on any atom is 0.272 e. The molecule has 0 aliphatic carbocycles. The normalized spacial score (nSPS) is 14.8. The first kappa shape index (κ1) is 23.0. The summed E-state index contributed by atoms with van der Waals surface area (Å²) in [6.45, 7) is 8.00. The van der Waals surface area contributed by atoms with Crippen molar-refractivity contribution in [2.24, 2.45) is 0 Å². The fourth-order valence-corrected chi connectivity index (χ4v) is 5.26. The van der Waals surface area contributed by atoms with E-state index in [0.29, 0.717) is 30.1 Å². The Balaban J connectivity index is 1.41. The summed E-state index contributed by atoms with van der Waals surface area (Å²) in [5.74, 6) is 2.18. The summed E-state index contributed by atoms with van der Waals surface area (Å²) >= 11 is 0. The SMILES string of the molecule is Cc1cc(C)cc(OCCn2c(-c3n[nH]c(=O)c4ccccc34)nnc2N2Cc3ccccc3C2C)c1. The lowest BCUT2D eigenvalue weighted by Gasteiger charge is -2.24. The van der Waals surface area contributed by atoms with Crippen LogP contribution >= 0.6 is 0 Å². The van der Waals surface area contributed by atoms with E-state index >= 15 is 0 Å². The van der Waals surface area contributed by atoms with Gasteiger partial charge in [-0.1, -0.05) is 48.5 Å². The van der Waals surface area contributed by atoms with Crippen LogP contribution in [0.5, 0.6) is 5.75 Å². The molecule has 0 bridgehead atoms. The van der Waals surface area contributed by atoms with Crippen molar-refractivity contribution < 1.29 is 4.74 Å². The highest BCUT2D eigenvalue weighted by Crippen LogP contribution is 2.37. The van der Waals surface area contributed by atoms with Gasteiger partial charge in [-0.2, -0.15) is 5.10 Å². The summed E-state index contributed by atoms with van der Waals surface area (Å²) < 4.78 is 8.23. The van der Waals surface area contributed by atoms with Crippen LogP contribution < -0.4 is 15.2 Å². The maximum absolute atomic E-state index is 12.4. The van der Waals surface area contributed by atoms with Gasteiger partial charge in [0, 0.05) is 11.9 Å². The molecule has 0 amide bonds. The van der Waals surface area contributed by atoms with Gasteiger partial charge in [0.1, 0.15) is 18.1 Å². The summed E-state index contributed by atoms with van der Waals surface area (Å²) in [5.41, 5.74) is 5.25. The van der Waals surface area contributed by atoms with Crippen LogP contribution in [0.4, 0.5) is 5.95 Å². The molecule has 8 nitrogen and oxygen atoms in total. The van der Waals surface area contributed by atoms with Gasteiger partial charge in [-0.25, -0.2) is 5.10 Å². The standard InChI is InChI=1S/C29H28N6O2/c1-18-14-19(2)16-22(15-18)37-13-12-34-27(26-24-10-6-7-11-25(24)28(36)32-30-26)31-33-29(34)35-17-21-8-4-5-9-23(21)20(35)3/h4-11,14-16,20H,12-13,17H2,1-3H3,(H,32,36). The van der Waals surface area contributed by atoms with Crippen LogP contribution in [0.25, 0.3) is 22.3 Å². The average molecular weight is 493 g/mol. The van der Waals surface area contributed by atoms with Crippen molar-refractivity contribution in [1.29, 1.82) is 0 Å². The van der Waals surface area contributed by atoms with Crippen molar-refractivity contribution in [1.82, 2.24) is 25.0 Å². The van der Waals surface area contributed by atoms with Crippen molar-refractivity contribution in [2.75, 3.05) is 11.5 Å². The van der Waals surface area contributed by atoms with Gasteiger partial charge in [0.05, 0.1) is 18.0 Å². The first-order chi connectivity index (χ1) is 18.0. The van der Waals surface area contributed by atoms with Crippen LogP contribution in [0.3, 0.4) is 0 Å². The minimum atomic E-state index is -0.229. The molecular formula is C29H28N6O2. The van der Waals surface area contributed by atoms with Gasteiger partial charge in [-0.05, 0) is 61.2 Å². The second kappa shape index (κ2) is 9.20. The number of anilines is 1. The zero-order valence-electron chi connectivity index (χ0n) is 21.1. The average Bonchev–Trinajstić information content (AvgIpc) is 3.45. The van der Waals surface area contributed by atoms with Crippen molar-refractivity contribution in [2.45, 2.75) is 39.9 Å². The van der Waals surface area contributed by atoms with E-state index in [2.05, 4.69) is 81.0 Å². The molecule has 3 aromatic carbocycles. The van der Waals surface area contributed by atoms with Gasteiger partial charge < -0.3 is 9.64 Å². The zero-order valence-corrected chi connectivity index (χ0v) is 21.1. The number of H-pyrrole nitrogens is 1. The van der Waals surface area contributed by atoms with Crippen LogP contribution in [0, 0.1) is 13.8 Å². The minimum absolute atomic E-state index is 0.146. The Hall–Kier alpha value is -4.46. The lowest BCUT2D eigenvalue weighted by Crippen LogP contribution is -2.24. The van der Waals surface area contributed by atoms with Crippen molar-refractivity contribution in [3.63, 3.8) is 0 Å². The van der Waals surface area contributed by atoms with E-state index in [9.17, 15) is 4.79 Å². The fourth-order valence-electron chi connectivity index (χ4n) is 5.26. The van der Waals surface area contributed by atoms with Crippen LogP contribution in [0.1, 0.15) is 35.2 Å². The van der Waals surface area contributed by atoms with Crippen LogP contribution in [-0.2, 0) is 13.1 Å². The van der Waals surface area contributed by atoms with E-state index in [1.807, 2.05) is 30.3 Å². The molecule has 0 fully saturated rings. The predicted molar refractivity (Wildman–Crippen MR) is 144 cm³/mol. The summed E-state index contributed by atoms with van der Waals surface area (Å²) in [4.78, 5) is 14.7. The van der Waals surface area contributed by atoms with Gasteiger partial charge in [0.25, 0.3) is 5.56 Å². The molecule has 0 saturated heterocycles. The van der Waals surface area contributed by atoms with Crippen molar-refractivity contribution in [3.05, 3.63) is 99.3 Å². The molecule has 0 saturated carbocycles. The van der Waals surface area contributed by atoms with Crippen molar-refractivity contribution >= 4 is 16.7 Å². The van der Waals surface area contributed by atoms with Gasteiger partial charge in [0.15, 0.2) is 5.82 Å². The summed E-state index contributed by atoms with van der Waals surface area (Å²) in [5, 5.41) is 17.6. The van der Waals surface area contributed by atoms with E-state index in [4.69, 9.17) is 4.74 Å². The Kier molecular flexibility index (Phi) is 5.71. The molecule has 8 heteroatoms. The van der Waals surface area contributed by atoms with Gasteiger partial charge in [0.2, 0.25) is 5.95 Å². The molecular weight excluding hydrogens is 464 g/mol. The number of benzene rings is 3. The van der Waals surface area contributed by atoms with Gasteiger partial charge >= 0.3 is 0 Å². The molecule has 6 rings (SSSR count). The molecule has 3 heterocycles. The lowest BCUT2D eigenvalue weighted by molar-refractivity contribution is 0.298. The first-order valence-corrected chi connectivity index (χ1v) is 12.5. The topological polar surface area (TPSA) is 88.9 Å². The Labute approximate surface area is 214 Å². The highest BCUT2D eigenvalue weighted by Gasteiger charge is 2.31. The number of hydrogen-bond acceptors (Lipinski definition) is 6. The zero-order chi connectivity index (χ0) is 25.5. The van der Waals surface area contributed by atoms with E-state index in [1.54, 1.807) is 6.07 Å². The number of nitrogens with zero attached hydrogens (tertiary/aromatic N) is 5. The Morgan fingerprint density at radius 2 is 1.70 bits per heavy atom. The van der Waals surface area contributed by atoms with E-state index in [1.165, 1.54) is 11.1 Å². The Morgan fingerprint density at radius 1 is 0.973 bits per heavy atom. The Morgan fingerprint density at radius 3 is 2.49 bits per heavy atom. The largest absolute Gasteiger partial charge is 0.492 e. The monoisotopic (exact) mass is 492 g/mol. The maximum atomic E-state index is 12.4. The smallest absolute Gasteiger partial charge is 0.272 e. The number of aromatic nitrogens is 5. The molecule has 5 aromatic rings. The van der Waals surface area contributed by atoms with Crippen molar-refractivity contribution in [3.8, 4) is 17.3 Å². The first-order valence-electron chi connectivity index (χ1n) is 12.5. The number of ether oxygens (including phenoxy) is 1. The van der Waals surface area contributed by atoms with E-state index < -0.39 is 0 Å². The molecule has 1 N–H and O–H groups in total. The summed E-state index contributed by atoms with van der Waals surface area (Å²) in [7, 11) is 0. The highest BCUT2D eigenvalue weighted by atomic mass is 16.5. The number of aromatic amines is 1. The molecule has 0 radical (unpaired) electrons. The molecule has 0 spiro atoms. The third kappa shape index (κ3) is 4.14. The number of nitrogens with one attached hydrogen (secondary N) is 1. The molecule has 2 aromatic heterocycles. The molecule has 1 aliphatic heterocycles. The van der Waals surface area contributed by atoms with Crippen LogP contribution in [0.15, 0.2) is 71.5 Å². The number of fused-ring (bicyclic) bond motifs is 2. The molecule has 1 aliphatic rings. The lowest BCUT2D eigenvalue weighted by atomic mass is 10.1. The molecule has 1 atom stereocenters. The predicted octanol–water partition coefficient (Wildman–Crippen LogP) is 4.96. The molecule has 1 unspecified atom stereocenters. The van der Waals surface area contributed by atoms with Gasteiger partial charge in [-0.3, -0.25) is 9.36 Å². The second-order valence-corrected chi connectivity index (χ2v) is 9.60.